The lowest BCUT2D eigenvalue weighted by atomic mass is 10.7. The Hall–Kier alpha value is 0.470. The van der Waals surface area contributed by atoms with E-state index in [1.807, 2.05) is 13.8 Å². The molecule has 0 atom stereocenters. The van der Waals surface area contributed by atoms with Crippen molar-refractivity contribution in [2.24, 2.45) is 0 Å². The van der Waals surface area contributed by atoms with Gasteiger partial charge in [0.25, 0.3) is 0 Å². The highest BCUT2D eigenvalue weighted by atomic mass is 35.5. The van der Waals surface area contributed by atoms with E-state index in [0.29, 0.717) is 19.0 Å². The quantitative estimate of drug-likeness (QED) is 0.525. The summed E-state index contributed by atoms with van der Waals surface area (Å²) in [6, 6.07) is 0. The van der Waals surface area contributed by atoms with Crippen LogP contribution >= 0.6 is 31.8 Å². The van der Waals surface area contributed by atoms with Crippen molar-refractivity contribution in [3.63, 3.8) is 0 Å². The van der Waals surface area contributed by atoms with Gasteiger partial charge in [-0.05, 0) is 20.8 Å². The molecule has 0 N–H and O–H groups in total. The van der Waals surface area contributed by atoms with Crippen LogP contribution in [0.1, 0.15) is 20.8 Å². The molecule has 0 spiro atoms. The zero-order valence-electron chi connectivity index (χ0n) is 7.84. The molecule has 0 aliphatic carbocycles. The van der Waals surface area contributed by atoms with Crippen LogP contribution in [0.15, 0.2) is 10.3 Å². The molecule has 0 radical (unpaired) electrons. The molecule has 0 bridgehead atoms. The van der Waals surface area contributed by atoms with Gasteiger partial charge in [-0.2, -0.15) is 0 Å². The molecular formula is C7H13Cl2O3P. The molecule has 0 amide bonds. The van der Waals surface area contributed by atoms with Gasteiger partial charge in [-0.25, -0.2) is 0 Å². The third kappa shape index (κ3) is 6.53. The molecule has 13 heavy (non-hydrogen) atoms. The summed E-state index contributed by atoms with van der Waals surface area (Å²) in [5.74, 6) is 0.413. The average molecular weight is 247 g/mol. The molecule has 0 aliphatic rings. The first-order valence-corrected chi connectivity index (χ1v) is 5.72. The summed E-state index contributed by atoms with van der Waals surface area (Å²) in [4.78, 5) is 0. The highest BCUT2D eigenvalue weighted by Crippen LogP contribution is 2.42. The second-order valence-electron chi connectivity index (χ2n) is 1.97. The van der Waals surface area contributed by atoms with Crippen molar-refractivity contribution in [1.29, 1.82) is 0 Å². The molecule has 3 nitrogen and oxygen atoms in total. The Morgan fingerprint density at radius 2 is 1.62 bits per heavy atom. The molecule has 0 saturated heterocycles. The Kier molecular flexibility index (Phi) is 8.12. The predicted octanol–water partition coefficient (Wildman–Crippen LogP) is 3.97. The lowest BCUT2D eigenvalue weighted by Crippen LogP contribution is -1.94. The predicted molar refractivity (Wildman–Crippen MR) is 55.7 cm³/mol. The van der Waals surface area contributed by atoms with Crippen LogP contribution < -0.4 is 0 Å². The molecule has 0 rings (SSSR count). The van der Waals surface area contributed by atoms with Crippen molar-refractivity contribution in [2.75, 3.05) is 13.2 Å². The largest absolute Gasteiger partial charge is 0.429 e. The molecule has 0 saturated carbocycles. The van der Waals surface area contributed by atoms with Crippen LogP contribution in [0.5, 0.6) is 0 Å². The van der Waals surface area contributed by atoms with E-state index in [9.17, 15) is 0 Å². The molecule has 0 aliphatic heterocycles. The lowest BCUT2D eigenvalue weighted by molar-refractivity contribution is 0.198. The van der Waals surface area contributed by atoms with Gasteiger partial charge >= 0.3 is 8.60 Å². The Labute approximate surface area is 89.9 Å². The molecule has 0 heterocycles. The van der Waals surface area contributed by atoms with Crippen LogP contribution in [0.2, 0.25) is 0 Å². The Bertz CT molecular complexity index is 165. The first-order valence-electron chi connectivity index (χ1n) is 3.87. The van der Waals surface area contributed by atoms with E-state index in [2.05, 4.69) is 0 Å². The highest BCUT2D eigenvalue weighted by Gasteiger charge is 2.13. The molecule has 0 aromatic rings. The molecule has 0 aromatic heterocycles. The summed E-state index contributed by atoms with van der Waals surface area (Å²) in [5.41, 5.74) is 0. The van der Waals surface area contributed by atoms with Gasteiger partial charge in [-0.1, -0.05) is 23.2 Å². The van der Waals surface area contributed by atoms with Crippen molar-refractivity contribution < 1.29 is 13.6 Å². The topological polar surface area (TPSA) is 27.7 Å². The van der Waals surface area contributed by atoms with Crippen molar-refractivity contribution in [3.05, 3.63) is 10.3 Å². The van der Waals surface area contributed by atoms with Gasteiger partial charge in [-0.15, -0.1) is 0 Å². The Morgan fingerprint density at radius 1 is 1.15 bits per heavy atom. The third-order valence-electron chi connectivity index (χ3n) is 0.947. The van der Waals surface area contributed by atoms with Crippen molar-refractivity contribution >= 4 is 31.8 Å². The van der Waals surface area contributed by atoms with Crippen LogP contribution in [-0.2, 0) is 13.6 Å². The molecular weight excluding hydrogens is 234 g/mol. The first-order chi connectivity index (χ1) is 6.11. The van der Waals surface area contributed by atoms with E-state index in [1.54, 1.807) is 6.92 Å². The molecule has 0 aromatic carbocycles. The second-order valence-corrected chi connectivity index (χ2v) is 4.06. The van der Waals surface area contributed by atoms with Gasteiger partial charge in [-0.3, -0.25) is 0 Å². The van der Waals surface area contributed by atoms with Crippen molar-refractivity contribution in [2.45, 2.75) is 20.8 Å². The Morgan fingerprint density at radius 3 is 1.92 bits per heavy atom. The first kappa shape index (κ1) is 13.5. The standard InChI is InChI=1S/C7H13Cl2O3P/c1-4-10-13(11-5-2)12-6(3)7(8)9/h4-5H2,1-3H3. The third-order valence-corrected chi connectivity index (χ3v) is 2.84. The lowest BCUT2D eigenvalue weighted by Gasteiger charge is -2.15. The van der Waals surface area contributed by atoms with E-state index in [4.69, 9.17) is 36.8 Å². The smallest absolute Gasteiger partial charge is 0.396 e. The second kappa shape index (κ2) is 7.84. The fourth-order valence-electron chi connectivity index (χ4n) is 0.447. The minimum atomic E-state index is -1.36. The molecule has 0 fully saturated rings. The summed E-state index contributed by atoms with van der Waals surface area (Å²) in [6.45, 7) is 6.43. The van der Waals surface area contributed by atoms with E-state index in [-0.39, 0.29) is 4.49 Å². The number of rotatable bonds is 6. The van der Waals surface area contributed by atoms with Crippen molar-refractivity contribution in [1.82, 2.24) is 0 Å². The Balaban J connectivity index is 4.01. The minimum Gasteiger partial charge on any atom is -0.429 e. The SMILES string of the molecule is CCOP(OCC)OC(C)=C(Cl)Cl. The molecule has 78 valence electrons. The zero-order valence-corrected chi connectivity index (χ0v) is 10.2. The van der Waals surface area contributed by atoms with Gasteiger partial charge in [0, 0.05) is 0 Å². The maximum absolute atomic E-state index is 5.49. The van der Waals surface area contributed by atoms with Gasteiger partial charge in [0.15, 0.2) is 0 Å². The summed E-state index contributed by atoms with van der Waals surface area (Å²) >= 11 is 11.0. The normalized spacial score (nSPS) is 10.3. The van der Waals surface area contributed by atoms with Gasteiger partial charge < -0.3 is 13.6 Å². The summed E-state index contributed by atoms with van der Waals surface area (Å²) < 4.78 is 15.7. The maximum Gasteiger partial charge on any atom is 0.396 e. The number of allylic oxidation sites excluding steroid dienone is 1. The monoisotopic (exact) mass is 246 g/mol. The van der Waals surface area contributed by atoms with E-state index >= 15 is 0 Å². The number of halogens is 2. The number of hydrogen-bond acceptors (Lipinski definition) is 3. The zero-order chi connectivity index (χ0) is 10.3. The fraction of sp³-hybridized carbons (Fsp3) is 0.714. The van der Waals surface area contributed by atoms with E-state index in [1.165, 1.54) is 0 Å². The average Bonchev–Trinajstić information content (AvgIpc) is 2.05. The van der Waals surface area contributed by atoms with E-state index < -0.39 is 8.60 Å². The highest BCUT2D eigenvalue weighted by molar-refractivity contribution is 7.41. The molecule has 0 unspecified atom stereocenters. The van der Waals surface area contributed by atoms with E-state index in [0.717, 1.165) is 0 Å². The van der Waals surface area contributed by atoms with Crippen LogP contribution in [0, 0.1) is 0 Å². The number of hydrogen-bond donors (Lipinski definition) is 0. The molecule has 6 heteroatoms. The fourth-order valence-corrected chi connectivity index (χ4v) is 1.55. The van der Waals surface area contributed by atoms with Gasteiger partial charge in [0.2, 0.25) is 0 Å². The van der Waals surface area contributed by atoms with Crippen LogP contribution in [-0.4, -0.2) is 13.2 Å². The van der Waals surface area contributed by atoms with Crippen molar-refractivity contribution in [3.8, 4) is 0 Å². The van der Waals surface area contributed by atoms with Crippen LogP contribution in [0.25, 0.3) is 0 Å². The minimum absolute atomic E-state index is 0.0897. The van der Waals surface area contributed by atoms with Gasteiger partial charge in [0.05, 0.1) is 13.2 Å². The van der Waals surface area contributed by atoms with Crippen LogP contribution in [0.3, 0.4) is 0 Å². The van der Waals surface area contributed by atoms with Crippen LogP contribution in [0.4, 0.5) is 0 Å². The maximum atomic E-state index is 5.49. The summed E-state index contributed by atoms with van der Waals surface area (Å²) in [5, 5.41) is 0. The van der Waals surface area contributed by atoms with Gasteiger partial charge in [0.1, 0.15) is 10.3 Å². The summed E-state index contributed by atoms with van der Waals surface area (Å²) in [6.07, 6.45) is 0. The summed E-state index contributed by atoms with van der Waals surface area (Å²) in [7, 11) is -1.36.